The van der Waals surface area contributed by atoms with Gasteiger partial charge < -0.3 is 5.32 Å². The summed E-state index contributed by atoms with van der Waals surface area (Å²) in [7, 11) is 0. The van der Waals surface area contributed by atoms with E-state index in [1.165, 1.54) is 11.6 Å². The van der Waals surface area contributed by atoms with Crippen molar-refractivity contribution in [2.45, 2.75) is 32.4 Å². The van der Waals surface area contributed by atoms with Crippen molar-refractivity contribution < 1.29 is 4.39 Å². The normalized spacial score (nSPS) is 14.0. The molecular formula is C17H18BrClFN. The van der Waals surface area contributed by atoms with E-state index in [1.54, 1.807) is 6.07 Å². The van der Waals surface area contributed by atoms with Crippen LogP contribution in [0.15, 0.2) is 46.9 Å². The molecular weight excluding hydrogens is 353 g/mol. The molecule has 0 amide bonds. The van der Waals surface area contributed by atoms with Gasteiger partial charge in [0.2, 0.25) is 0 Å². The molecule has 0 radical (unpaired) electrons. The number of hydrogen-bond donors (Lipinski definition) is 1. The van der Waals surface area contributed by atoms with Crippen LogP contribution in [0.2, 0.25) is 5.02 Å². The van der Waals surface area contributed by atoms with Gasteiger partial charge in [-0.05, 0) is 56.2 Å². The van der Waals surface area contributed by atoms with Crippen molar-refractivity contribution in [2.24, 2.45) is 0 Å². The van der Waals surface area contributed by atoms with Crippen molar-refractivity contribution in [3.05, 3.63) is 68.9 Å². The molecule has 0 saturated heterocycles. The van der Waals surface area contributed by atoms with Gasteiger partial charge in [0.05, 0.1) is 0 Å². The van der Waals surface area contributed by atoms with Gasteiger partial charge in [0, 0.05) is 27.1 Å². The van der Waals surface area contributed by atoms with Gasteiger partial charge in [0.1, 0.15) is 5.82 Å². The number of halogens is 3. The van der Waals surface area contributed by atoms with Gasteiger partial charge >= 0.3 is 0 Å². The molecule has 1 nitrogen and oxygen atoms in total. The Kier molecular flexibility index (Phi) is 5.80. The van der Waals surface area contributed by atoms with Gasteiger partial charge in [-0.25, -0.2) is 4.39 Å². The molecule has 0 aliphatic carbocycles. The highest BCUT2D eigenvalue weighted by molar-refractivity contribution is 9.10. The summed E-state index contributed by atoms with van der Waals surface area (Å²) in [6, 6.07) is 13.0. The van der Waals surface area contributed by atoms with Crippen molar-refractivity contribution in [2.75, 3.05) is 0 Å². The van der Waals surface area contributed by atoms with Gasteiger partial charge in [-0.1, -0.05) is 39.7 Å². The Morgan fingerprint density at radius 3 is 2.48 bits per heavy atom. The standard InChI is InChI=1S/C17H18BrClFN/c1-11(9-13-3-6-15(19)7-4-13)21-12(2)16-10-14(18)5-8-17(16)20/h3-8,10-12,21H,9H2,1-2H3. The predicted molar refractivity (Wildman–Crippen MR) is 90.3 cm³/mol. The van der Waals surface area contributed by atoms with Gasteiger partial charge in [0.15, 0.2) is 0 Å². The largest absolute Gasteiger partial charge is 0.307 e. The van der Waals surface area contributed by atoms with Crippen molar-refractivity contribution in [1.82, 2.24) is 5.32 Å². The minimum atomic E-state index is -0.183. The van der Waals surface area contributed by atoms with E-state index < -0.39 is 0 Å². The van der Waals surface area contributed by atoms with Crippen molar-refractivity contribution in [3.63, 3.8) is 0 Å². The summed E-state index contributed by atoms with van der Waals surface area (Å²) < 4.78 is 14.8. The molecule has 2 rings (SSSR count). The molecule has 0 aliphatic rings. The molecule has 0 heterocycles. The predicted octanol–water partition coefficient (Wildman–Crippen LogP) is 5.52. The average Bonchev–Trinajstić information content (AvgIpc) is 2.44. The first-order valence-electron chi connectivity index (χ1n) is 6.91. The first-order valence-corrected chi connectivity index (χ1v) is 8.08. The third-order valence-electron chi connectivity index (χ3n) is 3.41. The van der Waals surface area contributed by atoms with Gasteiger partial charge in [0.25, 0.3) is 0 Å². The monoisotopic (exact) mass is 369 g/mol. The Balaban J connectivity index is 2.00. The van der Waals surface area contributed by atoms with E-state index in [0.29, 0.717) is 5.56 Å². The van der Waals surface area contributed by atoms with Crippen molar-refractivity contribution in [3.8, 4) is 0 Å². The third-order valence-corrected chi connectivity index (χ3v) is 4.16. The Morgan fingerprint density at radius 2 is 1.81 bits per heavy atom. The van der Waals surface area contributed by atoms with E-state index in [1.807, 2.05) is 37.3 Å². The second kappa shape index (κ2) is 7.39. The Hall–Kier alpha value is -0.900. The molecule has 2 aromatic carbocycles. The summed E-state index contributed by atoms with van der Waals surface area (Å²) in [5.74, 6) is -0.183. The van der Waals surface area contributed by atoms with Crippen molar-refractivity contribution in [1.29, 1.82) is 0 Å². The molecule has 0 aliphatic heterocycles. The highest BCUT2D eigenvalue weighted by Gasteiger charge is 2.14. The molecule has 0 aromatic heterocycles. The highest BCUT2D eigenvalue weighted by atomic mass is 79.9. The molecule has 21 heavy (non-hydrogen) atoms. The van der Waals surface area contributed by atoms with Crippen LogP contribution >= 0.6 is 27.5 Å². The van der Waals surface area contributed by atoms with Crippen LogP contribution in [0.3, 0.4) is 0 Å². The quantitative estimate of drug-likeness (QED) is 0.730. The minimum Gasteiger partial charge on any atom is -0.307 e. The summed E-state index contributed by atoms with van der Waals surface area (Å²) in [6.07, 6.45) is 0.872. The number of hydrogen-bond acceptors (Lipinski definition) is 1. The zero-order chi connectivity index (χ0) is 15.4. The zero-order valence-corrected chi connectivity index (χ0v) is 14.4. The fourth-order valence-electron chi connectivity index (χ4n) is 2.40. The van der Waals surface area contributed by atoms with Crippen LogP contribution in [-0.2, 0) is 6.42 Å². The fourth-order valence-corrected chi connectivity index (χ4v) is 2.90. The SMILES string of the molecule is CC(Cc1ccc(Cl)cc1)NC(C)c1cc(Br)ccc1F. The maximum atomic E-state index is 13.9. The van der Waals surface area contributed by atoms with Gasteiger partial charge in [-0.2, -0.15) is 0 Å². The molecule has 0 saturated carbocycles. The summed E-state index contributed by atoms with van der Waals surface area (Å²) in [6.45, 7) is 4.07. The van der Waals surface area contributed by atoms with Crippen LogP contribution in [0.25, 0.3) is 0 Å². The number of rotatable bonds is 5. The second-order valence-corrected chi connectivity index (χ2v) is 6.64. The Labute approximate surface area is 138 Å². The molecule has 0 spiro atoms. The Bertz CT molecular complexity index is 600. The molecule has 0 bridgehead atoms. The lowest BCUT2D eigenvalue weighted by molar-refractivity contribution is 0.460. The van der Waals surface area contributed by atoms with Crippen molar-refractivity contribution >= 4 is 27.5 Å². The summed E-state index contributed by atoms with van der Waals surface area (Å²) in [5.41, 5.74) is 1.88. The van der Waals surface area contributed by atoms with E-state index in [2.05, 4.69) is 28.2 Å². The maximum Gasteiger partial charge on any atom is 0.128 e. The summed E-state index contributed by atoms with van der Waals surface area (Å²) >= 11 is 9.27. The zero-order valence-electron chi connectivity index (χ0n) is 12.0. The minimum absolute atomic E-state index is 0.0511. The van der Waals surface area contributed by atoms with E-state index >= 15 is 0 Å². The topological polar surface area (TPSA) is 12.0 Å². The molecule has 4 heteroatoms. The molecule has 2 atom stereocenters. The van der Waals surface area contributed by atoms with E-state index in [0.717, 1.165) is 15.9 Å². The first kappa shape index (κ1) is 16.5. The van der Waals surface area contributed by atoms with E-state index in [4.69, 9.17) is 11.6 Å². The van der Waals surface area contributed by atoms with Gasteiger partial charge in [-0.3, -0.25) is 0 Å². The first-order chi connectivity index (χ1) is 9.95. The van der Waals surface area contributed by atoms with Gasteiger partial charge in [-0.15, -0.1) is 0 Å². The van der Waals surface area contributed by atoms with Crippen LogP contribution in [0.1, 0.15) is 31.0 Å². The number of benzene rings is 2. The molecule has 2 unspecified atom stereocenters. The molecule has 0 fully saturated rings. The lowest BCUT2D eigenvalue weighted by Gasteiger charge is -2.21. The lowest BCUT2D eigenvalue weighted by Crippen LogP contribution is -2.31. The van der Waals surface area contributed by atoms with E-state index in [-0.39, 0.29) is 17.9 Å². The average molecular weight is 371 g/mol. The second-order valence-electron chi connectivity index (χ2n) is 5.29. The molecule has 2 aromatic rings. The van der Waals surface area contributed by atoms with Crippen LogP contribution in [-0.4, -0.2) is 6.04 Å². The molecule has 112 valence electrons. The number of nitrogens with one attached hydrogen (secondary N) is 1. The fraction of sp³-hybridized carbons (Fsp3) is 0.294. The summed E-state index contributed by atoms with van der Waals surface area (Å²) in [4.78, 5) is 0. The van der Waals surface area contributed by atoms with Crippen LogP contribution in [0, 0.1) is 5.82 Å². The lowest BCUT2D eigenvalue weighted by atomic mass is 10.0. The maximum absolute atomic E-state index is 13.9. The van der Waals surface area contributed by atoms with Crippen LogP contribution < -0.4 is 5.32 Å². The molecule has 1 N–H and O–H groups in total. The van der Waals surface area contributed by atoms with Crippen LogP contribution in [0.5, 0.6) is 0 Å². The summed E-state index contributed by atoms with van der Waals surface area (Å²) in [5, 5.41) is 4.17. The van der Waals surface area contributed by atoms with E-state index in [9.17, 15) is 4.39 Å². The Morgan fingerprint density at radius 1 is 1.14 bits per heavy atom. The van der Waals surface area contributed by atoms with Crippen LogP contribution in [0.4, 0.5) is 4.39 Å². The smallest absolute Gasteiger partial charge is 0.128 e. The third kappa shape index (κ3) is 4.80. The highest BCUT2D eigenvalue weighted by Crippen LogP contribution is 2.22.